The number of aliphatic hydroxyl groups excluding tert-OH is 1. The van der Waals surface area contributed by atoms with Crippen LogP contribution in [0.2, 0.25) is 0 Å². The fraction of sp³-hybridized carbons (Fsp3) is 0.568. The van der Waals surface area contributed by atoms with E-state index in [2.05, 4.69) is 49.6 Å². The number of carbonyl (C=O) groups is 3. The Labute approximate surface area is 339 Å². The van der Waals surface area contributed by atoms with Crippen LogP contribution in [0.25, 0.3) is 11.1 Å². The second-order valence-corrected chi connectivity index (χ2v) is 17.2. The van der Waals surface area contributed by atoms with Gasteiger partial charge in [0.1, 0.15) is 17.9 Å². The van der Waals surface area contributed by atoms with Crippen LogP contribution in [-0.4, -0.2) is 92.7 Å². The van der Waals surface area contributed by atoms with Gasteiger partial charge in [-0.15, -0.1) is 0 Å². The molecule has 0 aromatic heterocycles. The van der Waals surface area contributed by atoms with E-state index in [0.29, 0.717) is 46.4 Å². The van der Waals surface area contributed by atoms with Crippen LogP contribution >= 0.6 is 0 Å². The predicted octanol–water partition coefficient (Wildman–Crippen LogP) is 6.17. The number of aliphatic hydroxyl groups is 1. The Morgan fingerprint density at radius 2 is 1.86 bits per heavy atom. The molecule has 4 N–H and O–H groups in total. The molecule has 0 radical (unpaired) electrons. The van der Waals surface area contributed by atoms with Crippen LogP contribution in [0, 0.1) is 29.1 Å². The van der Waals surface area contributed by atoms with Gasteiger partial charge in [0.15, 0.2) is 0 Å². The average molecular weight is 810 g/mol. The fourth-order valence-corrected chi connectivity index (χ4v) is 9.57. The van der Waals surface area contributed by atoms with Crippen LogP contribution in [-0.2, 0) is 21.0 Å². The lowest BCUT2D eigenvalue weighted by molar-refractivity contribution is -0.183. The number of carbonyl (C=O) groups excluding carboxylic acids is 3. The number of halogens is 3. The van der Waals surface area contributed by atoms with Crippen LogP contribution in [0.4, 0.5) is 18.9 Å². The maximum Gasteiger partial charge on any atom is 0.471 e. The number of methoxy groups -OCH3 is 1. The summed E-state index contributed by atoms with van der Waals surface area (Å²) in [6.07, 6.45) is 3.59. The summed E-state index contributed by atoms with van der Waals surface area (Å²) in [5, 5.41) is 20.7. The Bertz CT molecular complexity index is 1910. The molecule has 1 heterocycles. The van der Waals surface area contributed by atoms with Gasteiger partial charge < -0.3 is 30.7 Å². The van der Waals surface area contributed by atoms with Crippen LogP contribution < -0.4 is 25.6 Å². The number of hydrogen-bond acceptors (Lipinski definition) is 8. The molecule has 1 aliphatic heterocycles. The third-order valence-electron chi connectivity index (χ3n) is 13.0. The number of anilines is 1. The molecule has 3 saturated carbocycles. The molecule has 2 bridgehead atoms. The SMILES string of the molecule is COc1c(CN2O[C@@H](CNC(=O)C(F)(F)F)[C@@H]([C@H](C)O)[C@H]2C(=O)N[C@H]2C[C@@H]3C[C@H]([C@@H]2C)C3(C)C)cccc1-c1cc(C(=O)NCCC2=CCCC=C2)cc(N(C)C)c1. The Morgan fingerprint density at radius 1 is 1.10 bits per heavy atom. The minimum Gasteiger partial charge on any atom is -0.496 e. The van der Waals surface area contributed by atoms with Crippen LogP contribution in [0.15, 0.2) is 60.2 Å². The number of rotatable bonds is 14. The molecule has 14 heteroatoms. The van der Waals surface area contributed by atoms with Gasteiger partial charge in [0.05, 0.1) is 19.8 Å². The minimum atomic E-state index is -5.12. The van der Waals surface area contributed by atoms with Crippen LogP contribution in [0.5, 0.6) is 5.75 Å². The van der Waals surface area contributed by atoms with E-state index in [0.717, 1.165) is 37.8 Å². The van der Waals surface area contributed by atoms with Gasteiger partial charge >= 0.3 is 12.1 Å². The largest absolute Gasteiger partial charge is 0.496 e. The zero-order valence-electron chi connectivity index (χ0n) is 34.5. The minimum absolute atomic E-state index is 0.0500. The number of alkyl halides is 3. The van der Waals surface area contributed by atoms with Crippen molar-refractivity contribution in [3.05, 3.63) is 71.3 Å². The molecule has 2 aromatic carbocycles. The molecular weight excluding hydrogens is 752 g/mol. The van der Waals surface area contributed by atoms with E-state index in [1.807, 2.05) is 48.6 Å². The molecule has 3 amide bonds. The van der Waals surface area contributed by atoms with Crippen LogP contribution in [0.3, 0.4) is 0 Å². The number of fused-ring (bicyclic) bond motifs is 2. The molecule has 0 spiro atoms. The fourth-order valence-electron chi connectivity index (χ4n) is 9.57. The van der Waals surface area contributed by atoms with Crippen molar-refractivity contribution >= 4 is 23.4 Å². The third kappa shape index (κ3) is 9.08. The van der Waals surface area contributed by atoms with E-state index in [9.17, 15) is 32.7 Å². The van der Waals surface area contributed by atoms with Gasteiger partial charge in [-0.25, -0.2) is 0 Å². The normalized spacial score (nSPS) is 26.9. The molecule has 58 heavy (non-hydrogen) atoms. The molecule has 316 valence electrons. The second-order valence-electron chi connectivity index (χ2n) is 17.2. The number of nitrogens with zero attached hydrogens (tertiary/aromatic N) is 2. The van der Waals surface area contributed by atoms with Gasteiger partial charge in [0.2, 0.25) is 5.91 Å². The molecule has 2 aromatic rings. The molecule has 7 rings (SSSR count). The maximum atomic E-state index is 14.4. The van der Waals surface area contributed by atoms with E-state index in [1.54, 1.807) is 12.1 Å². The Balaban J connectivity index is 1.29. The van der Waals surface area contributed by atoms with E-state index < -0.39 is 48.7 Å². The van der Waals surface area contributed by atoms with Crippen molar-refractivity contribution in [3.63, 3.8) is 0 Å². The first-order valence-electron chi connectivity index (χ1n) is 20.3. The summed E-state index contributed by atoms with van der Waals surface area (Å²) in [5.41, 5.74) is 4.57. The smallest absolute Gasteiger partial charge is 0.471 e. The molecule has 4 aliphatic carbocycles. The lowest BCUT2D eigenvalue weighted by Crippen LogP contribution is -2.62. The Hall–Kier alpha value is -4.40. The Morgan fingerprint density at radius 3 is 2.48 bits per heavy atom. The number of allylic oxidation sites excluding steroid dienone is 3. The zero-order valence-corrected chi connectivity index (χ0v) is 34.5. The summed E-state index contributed by atoms with van der Waals surface area (Å²) in [4.78, 5) is 48.0. The van der Waals surface area contributed by atoms with Crippen molar-refractivity contribution in [1.29, 1.82) is 0 Å². The topological polar surface area (TPSA) is 132 Å². The number of nitrogens with one attached hydrogen (secondary N) is 3. The van der Waals surface area contributed by atoms with Gasteiger partial charge in [-0.05, 0) is 86.0 Å². The van der Waals surface area contributed by atoms with Crippen molar-refractivity contribution in [1.82, 2.24) is 21.0 Å². The maximum absolute atomic E-state index is 14.4. The highest BCUT2D eigenvalue weighted by Gasteiger charge is 2.57. The summed E-state index contributed by atoms with van der Waals surface area (Å²) in [6.45, 7) is 7.98. The van der Waals surface area contributed by atoms with E-state index >= 15 is 0 Å². The molecule has 0 unspecified atom stereocenters. The van der Waals surface area contributed by atoms with Crippen LogP contribution in [0.1, 0.15) is 75.7 Å². The quantitative estimate of drug-likeness (QED) is 0.178. The summed E-state index contributed by atoms with van der Waals surface area (Å²) >= 11 is 0. The second kappa shape index (κ2) is 17.4. The van der Waals surface area contributed by atoms with Crippen molar-refractivity contribution in [3.8, 4) is 16.9 Å². The number of hydrogen-bond donors (Lipinski definition) is 4. The molecule has 4 fully saturated rings. The van der Waals surface area contributed by atoms with Crippen molar-refractivity contribution < 1.29 is 42.2 Å². The van der Waals surface area contributed by atoms with Gasteiger partial charge in [-0.3, -0.25) is 19.2 Å². The van der Waals surface area contributed by atoms with Gasteiger partial charge in [-0.1, -0.05) is 62.8 Å². The standard InChI is InChI=1S/C44H58F3N5O6/c1-25-34-21-31(43(34,3)4)22-35(25)50-41(55)38-37(26(2)53)36(23-49-42(56)44(45,46)47)58-52(38)24-28-14-11-15-33(39(28)57-7)29-18-30(20-32(19-29)51(5)6)40(54)48-17-16-27-12-9-8-10-13-27/h9,11-15,18-20,25-26,31,34-38,53H,8,10,16-17,21-24H2,1-7H3,(H,48,54)(H,49,56)(H,50,55)/t25-,26-,31-,34+,35-,36-,37+,38-/m0/s1. The van der Waals surface area contributed by atoms with E-state index in [-0.39, 0.29) is 29.8 Å². The van der Waals surface area contributed by atoms with E-state index in [1.165, 1.54) is 24.7 Å². The summed E-state index contributed by atoms with van der Waals surface area (Å²) < 4.78 is 45.7. The Kier molecular flexibility index (Phi) is 13.0. The first kappa shape index (κ1) is 43.2. The van der Waals surface area contributed by atoms with Gasteiger partial charge in [-0.2, -0.15) is 18.2 Å². The first-order valence-corrected chi connectivity index (χ1v) is 20.3. The van der Waals surface area contributed by atoms with E-state index in [4.69, 9.17) is 9.57 Å². The summed E-state index contributed by atoms with van der Waals surface area (Å²) in [5.74, 6) is -2.24. The number of amides is 3. The third-order valence-corrected chi connectivity index (χ3v) is 13.0. The monoisotopic (exact) mass is 809 g/mol. The summed E-state index contributed by atoms with van der Waals surface area (Å²) in [6, 6.07) is 9.80. The molecule has 1 saturated heterocycles. The van der Waals surface area contributed by atoms with Crippen molar-refractivity contribution in [2.24, 2.45) is 29.1 Å². The average Bonchev–Trinajstić information content (AvgIpc) is 3.55. The molecule has 11 nitrogen and oxygen atoms in total. The highest BCUT2D eigenvalue weighted by Crippen LogP contribution is 2.61. The predicted molar refractivity (Wildman–Crippen MR) is 216 cm³/mol. The lowest BCUT2D eigenvalue weighted by atomic mass is 9.45. The molecular formula is C44H58F3N5O6. The molecule has 8 atom stereocenters. The number of hydroxylamine groups is 2. The molecule has 5 aliphatic rings. The van der Waals surface area contributed by atoms with Crippen molar-refractivity contribution in [2.45, 2.75) is 96.8 Å². The zero-order chi connectivity index (χ0) is 42.1. The van der Waals surface area contributed by atoms with Gasteiger partial charge in [0.25, 0.3) is 5.91 Å². The number of ether oxygens (including phenoxy) is 1. The number of benzene rings is 2. The first-order chi connectivity index (χ1) is 27.4. The summed E-state index contributed by atoms with van der Waals surface area (Å²) in [7, 11) is 5.28. The lowest BCUT2D eigenvalue weighted by Gasteiger charge is -2.62. The number of para-hydroxylation sites is 1. The highest BCUT2D eigenvalue weighted by atomic mass is 19.4. The van der Waals surface area contributed by atoms with Crippen molar-refractivity contribution in [2.75, 3.05) is 39.2 Å². The highest BCUT2D eigenvalue weighted by molar-refractivity contribution is 5.97. The van der Waals surface area contributed by atoms with Gasteiger partial charge in [0, 0.05) is 61.5 Å².